The number of piperazine rings is 1. The van der Waals surface area contributed by atoms with Gasteiger partial charge in [-0.1, -0.05) is 6.08 Å². The van der Waals surface area contributed by atoms with Crippen molar-refractivity contribution in [2.75, 3.05) is 43.4 Å². The number of aromatic nitrogens is 6. The Morgan fingerprint density at radius 3 is 2.46 bits per heavy atom. The average Bonchev–Trinajstić information content (AvgIpc) is 3.48. The first-order chi connectivity index (χ1) is 19.9. The van der Waals surface area contributed by atoms with Crippen LogP contribution in [0.2, 0.25) is 0 Å². The maximum absolute atomic E-state index is 13.4. The van der Waals surface area contributed by atoms with Gasteiger partial charge >= 0.3 is 0 Å². The molecule has 1 aromatic carbocycles. The van der Waals surface area contributed by atoms with E-state index >= 15 is 0 Å². The minimum absolute atomic E-state index is 0.0215. The van der Waals surface area contributed by atoms with Gasteiger partial charge in [0.25, 0.3) is 5.56 Å². The highest BCUT2D eigenvalue weighted by Gasteiger charge is 2.20. The molecule has 6 rings (SSSR count). The number of nitrogens with zero attached hydrogens (tertiary/aromatic N) is 8. The predicted octanol–water partition coefficient (Wildman–Crippen LogP) is 3.84. The number of benzene rings is 1. The minimum atomic E-state index is -0.236. The first kappa shape index (κ1) is 26.5. The summed E-state index contributed by atoms with van der Waals surface area (Å²) in [7, 11) is 2.15. The number of fused-ring (bicyclic) bond motifs is 2. The Balaban J connectivity index is 1.39. The van der Waals surface area contributed by atoms with Crippen LogP contribution in [0.5, 0.6) is 0 Å². The monoisotopic (exact) mass is 551 g/mol. The SMILES string of the molecule is C=CCn1c(=O)c2cnc(Nc3ccc(N4CCN(C)CC4)cc3)nc2n1-c1ccc2c(C(C)=O)cn(CC)c2n1. The van der Waals surface area contributed by atoms with E-state index < -0.39 is 0 Å². The molecule has 1 aliphatic rings. The third-order valence-corrected chi connectivity index (χ3v) is 7.61. The van der Waals surface area contributed by atoms with Gasteiger partial charge in [0.1, 0.15) is 11.0 Å². The van der Waals surface area contributed by atoms with Crippen LogP contribution in [0.4, 0.5) is 17.3 Å². The molecule has 0 radical (unpaired) electrons. The van der Waals surface area contributed by atoms with Gasteiger partial charge in [0.15, 0.2) is 17.2 Å². The fourth-order valence-electron chi connectivity index (χ4n) is 5.35. The second-order valence-corrected chi connectivity index (χ2v) is 10.3. The number of aryl methyl sites for hydroxylation is 1. The van der Waals surface area contributed by atoms with Crippen molar-refractivity contribution in [2.24, 2.45) is 0 Å². The van der Waals surface area contributed by atoms with Crippen LogP contribution in [0, 0.1) is 0 Å². The molecule has 1 N–H and O–H groups in total. The molecule has 11 heteroatoms. The molecule has 1 saturated heterocycles. The highest BCUT2D eigenvalue weighted by Crippen LogP contribution is 2.25. The highest BCUT2D eigenvalue weighted by molar-refractivity contribution is 6.06. The van der Waals surface area contributed by atoms with E-state index in [1.54, 1.807) is 34.6 Å². The van der Waals surface area contributed by atoms with Gasteiger partial charge in [0.2, 0.25) is 5.95 Å². The van der Waals surface area contributed by atoms with Crippen LogP contribution >= 0.6 is 0 Å². The van der Waals surface area contributed by atoms with Gasteiger partial charge < -0.3 is 19.7 Å². The van der Waals surface area contributed by atoms with E-state index in [2.05, 4.69) is 45.9 Å². The molecule has 0 spiro atoms. The summed E-state index contributed by atoms with van der Waals surface area (Å²) >= 11 is 0. The van der Waals surface area contributed by atoms with E-state index in [1.165, 1.54) is 5.69 Å². The van der Waals surface area contributed by atoms with Crippen LogP contribution in [0.3, 0.4) is 0 Å². The number of allylic oxidation sites excluding steroid dienone is 1. The third-order valence-electron chi connectivity index (χ3n) is 7.61. The molecule has 0 amide bonds. The van der Waals surface area contributed by atoms with Gasteiger partial charge in [0.05, 0.1) is 6.54 Å². The quantitative estimate of drug-likeness (QED) is 0.229. The van der Waals surface area contributed by atoms with E-state index in [0.29, 0.717) is 40.6 Å². The summed E-state index contributed by atoms with van der Waals surface area (Å²) in [6.07, 6.45) is 5.03. The molecule has 4 aromatic heterocycles. The number of carbonyl (C=O) groups is 1. The van der Waals surface area contributed by atoms with E-state index in [4.69, 9.17) is 9.97 Å². The number of pyridine rings is 1. The number of anilines is 3. The molecule has 41 heavy (non-hydrogen) atoms. The third kappa shape index (κ3) is 4.78. The molecular weight excluding hydrogens is 518 g/mol. The van der Waals surface area contributed by atoms with Gasteiger partial charge in [-0.25, -0.2) is 19.3 Å². The molecule has 0 aliphatic carbocycles. The summed E-state index contributed by atoms with van der Waals surface area (Å²) in [5.74, 6) is 0.855. The maximum Gasteiger partial charge on any atom is 0.278 e. The lowest BCUT2D eigenvalue weighted by Crippen LogP contribution is -2.44. The Morgan fingerprint density at radius 2 is 1.78 bits per heavy atom. The lowest BCUT2D eigenvalue weighted by Gasteiger charge is -2.34. The minimum Gasteiger partial charge on any atom is -0.369 e. The fourth-order valence-corrected chi connectivity index (χ4v) is 5.35. The summed E-state index contributed by atoms with van der Waals surface area (Å²) < 4.78 is 5.17. The molecule has 0 saturated carbocycles. The van der Waals surface area contributed by atoms with Gasteiger partial charge in [-0.05, 0) is 57.3 Å². The van der Waals surface area contributed by atoms with Crippen LogP contribution in [-0.2, 0) is 13.1 Å². The largest absolute Gasteiger partial charge is 0.369 e. The van der Waals surface area contributed by atoms with Crippen molar-refractivity contribution in [3.05, 3.63) is 77.4 Å². The number of Topliss-reactive ketones (excluding diaryl/α,β-unsaturated/α-hetero) is 1. The average molecular weight is 552 g/mol. The van der Waals surface area contributed by atoms with Crippen molar-refractivity contribution >= 4 is 45.2 Å². The van der Waals surface area contributed by atoms with Crippen LogP contribution in [0.15, 0.2) is 66.2 Å². The summed E-state index contributed by atoms with van der Waals surface area (Å²) in [4.78, 5) is 44.4. The summed E-state index contributed by atoms with van der Waals surface area (Å²) in [5, 5.41) is 4.43. The lowest BCUT2D eigenvalue weighted by atomic mass is 10.1. The van der Waals surface area contributed by atoms with Gasteiger partial charge in [0, 0.05) is 67.4 Å². The maximum atomic E-state index is 13.4. The number of rotatable bonds is 8. The number of carbonyl (C=O) groups excluding carboxylic acids is 1. The Bertz CT molecular complexity index is 1820. The zero-order valence-electron chi connectivity index (χ0n) is 23.5. The number of hydrogen-bond donors (Lipinski definition) is 1. The summed E-state index contributed by atoms with van der Waals surface area (Å²) in [5.41, 5.74) is 3.51. The first-order valence-electron chi connectivity index (χ1n) is 13.8. The van der Waals surface area contributed by atoms with E-state index in [0.717, 1.165) is 37.3 Å². The number of likely N-dealkylation sites (N-methyl/N-ethyl adjacent to an activating group) is 1. The zero-order chi connectivity index (χ0) is 28.7. The normalized spacial score (nSPS) is 14.2. The van der Waals surface area contributed by atoms with E-state index in [-0.39, 0.29) is 17.9 Å². The van der Waals surface area contributed by atoms with Crippen molar-refractivity contribution in [3.63, 3.8) is 0 Å². The van der Waals surface area contributed by atoms with Crippen LogP contribution < -0.4 is 15.8 Å². The fraction of sp³-hybridized carbons (Fsp3) is 0.300. The summed E-state index contributed by atoms with van der Waals surface area (Å²) in [6.45, 7) is 12.4. The summed E-state index contributed by atoms with van der Waals surface area (Å²) in [6, 6.07) is 11.9. The van der Waals surface area contributed by atoms with Crippen molar-refractivity contribution in [2.45, 2.75) is 26.9 Å². The van der Waals surface area contributed by atoms with Gasteiger partial charge in [-0.15, -0.1) is 6.58 Å². The zero-order valence-corrected chi connectivity index (χ0v) is 23.5. The number of nitrogens with one attached hydrogen (secondary N) is 1. The van der Waals surface area contributed by atoms with Gasteiger partial charge in [-0.2, -0.15) is 4.98 Å². The Labute approximate surface area is 237 Å². The highest BCUT2D eigenvalue weighted by atomic mass is 16.1. The molecule has 210 valence electrons. The molecule has 11 nitrogen and oxygen atoms in total. The van der Waals surface area contributed by atoms with Crippen LogP contribution in [0.25, 0.3) is 27.9 Å². The van der Waals surface area contributed by atoms with Crippen molar-refractivity contribution in [1.82, 2.24) is 33.8 Å². The Morgan fingerprint density at radius 1 is 1.02 bits per heavy atom. The Hall–Kier alpha value is -4.77. The van der Waals surface area contributed by atoms with Crippen molar-refractivity contribution in [3.8, 4) is 5.82 Å². The van der Waals surface area contributed by atoms with E-state index in [1.807, 2.05) is 35.9 Å². The number of hydrogen-bond acceptors (Lipinski definition) is 8. The molecule has 0 atom stereocenters. The second kappa shape index (κ2) is 10.7. The molecular formula is C30H33N9O2. The van der Waals surface area contributed by atoms with Crippen LogP contribution in [-0.4, -0.2) is 72.8 Å². The van der Waals surface area contributed by atoms with Crippen molar-refractivity contribution in [1.29, 1.82) is 0 Å². The molecule has 5 heterocycles. The molecule has 1 fully saturated rings. The Kier molecular flexibility index (Phi) is 6.88. The van der Waals surface area contributed by atoms with Gasteiger partial charge in [-0.3, -0.25) is 9.59 Å². The molecule has 1 aliphatic heterocycles. The molecule has 0 bridgehead atoms. The predicted molar refractivity (Wildman–Crippen MR) is 162 cm³/mol. The second-order valence-electron chi connectivity index (χ2n) is 10.3. The lowest BCUT2D eigenvalue weighted by molar-refractivity contribution is 0.101. The smallest absolute Gasteiger partial charge is 0.278 e. The van der Waals surface area contributed by atoms with E-state index in [9.17, 15) is 9.59 Å². The topological polar surface area (TPSA) is 106 Å². The molecule has 5 aromatic rings. The standard InChI is InChI=1S/C30H33N9O2/c1-5-13-38-29(41)24-18-31-30(32-21-7-9-22(10-8-21)37-16-14-35(4)15-17-37)34-28(24)39(38)26-12-11-23-25(20(3)40)19-36(6-2)27(23)33-26/h5,7-12,18-19H,1,6,13-17H2,2-4H3,(H,31,32,34). The van der Waals surface area contributed by atoms with Crippen LogP contribution in [0.1, 0.15) is 24.2 Å². The van der Waals surface area contributed by atoms with Crippen molar-refractivity contribution < 1.29 is 4.79 Å². The number of ketones is 1. The molecule has 0 unspecified atom stereocenters. The first-order valence-corrected chi connectivity index (χ1v) is 13.8.